The molecular formula is C59H113NO4. The fourth-order valence-corrected chi connectivity index (χ4v) is 8.96. The molecule has 0 heterocycles. The van der Waals surface area contributed by atoms with Gasteiger partial charge in [0.2, 0.25) is 5.91 Å². The molecule has 0 aromatic heterocycles. The molecule has 0 fully saturated rings. The van der Waals surface area contributed by atoms with Crippen molar-refractivity contribution in [2.24, 2.45) is 0 Å². The Balaban J connectivity index is 3.45. The summed E-state index contributed by atoms with van der Waals surface area (Å²) in [7, 11) is 0. The zero-order valence-electron chi connectivity index (χ0n) is 43.2. The van der Waals surface area contributed by atoms with E-state index in [1.807, 2.05) is 6.08 Å². The molecule has 3 unspecified atom stereocenters. The standard InChI is InChI=1S/C59H113NO4/c1-3-5-7-9-11-13-15-17-18-19-20-21-22-23-24-25-26-27-28-29-30-31-32-33-34-35-36-37-38-39-40-41-42-44-46-48-50-52-54-58(63)59(64)60-56(55-61)57(62)53-51-49-47-45-43-16-14-12-10-8-6-4-2/h29-30,43,45,51,53,56-58,61-63H,3-28,31-42,44,46-50,52,54-55H2,1-2H3,(H,60,64)/b30-29-,45-43+,53-51+. The molecule has 378 valence electrons. The van der Waals surface area contributed by atoms with Crippen LogP contribution >= 0.6 is 0 Å². The molecule has 0 bridgehead atoms. The van der Waals surface area contributed by atoms with E-state index in [2.05, 4.69) is 43.5 Å². The van der Waals surface area contributed by atoms with Gasteiger partial charge in [0, 0.05) is 0 Å². The van der Waals surface area contributed by atoms with Crippen LogP contribution in [0.4, 0.5) is 0 Å². The molecule has 0 saturated heterocycles. The first-order chi connectivity index (χ1) is 31.6. The van der Waals surface area contributed by atoms with Crippen LogP contribution in [0.5, 0.6) is 0 Å². The van der Waals surface area contributed by atoms with E-state index in [9.17, 15) is 20.1 Å². The van der Waals surface area contributed by atoms with Crippen LogP contribution in [0.25, 0.3) is 0 Å². The first-order valence-corrected chi connectivity index (χ1v) is 28.8. The molecule has 4 N–H and O–H groups in total. The zero-order chi connectivity index (χ0) is 46.5. The van der Waals surface area contributed by atoms with Gasteiger partial charge in [-0.15, -0.1) is 0 Å². The van der Waals surface area contributed by atoms with Crippen LogP contribution < -0.4 is 5.32 Å². The third-order valence-corrected chi connectivity index (χ3v) is 13.5. The Morgan fingerprint density at radius 1 is 0.375 bits per heavy atom. The lowest BCUT2D eigenvalue weighted by atomic mass is 10.0. The van der Waals surface area contributed by atoms with E-state index >= 15 is 0 Å². The minimum atomic E-state index is -1.10. The first-order valence-electron chi connectivity index (χ1n) is 28.8. The smallest absolute Gasteiger partial charge is 0.249 e. The first kappa shape index (κ1) is 62.6. The van der Waals surface area contributed by atoms with Crippen molar-refractivity contribution in [2.75, 3.05) is 6.61 Å². The highest BCUT2D eigenvalue weighted by atomic mass is 16.3. The van der Waals surface area contributed by atoms with E-state index in [4.69, 9.17) is 0 Å². The van der Waals surface area contributed by atoms with Crippen molar-refractivity contribution < 1.29 is 20.1 Å². The summed E-state index contributed by atoms with van der Waals surface area (Å²) in [6.45, 7) is 4.17. The Labute approximate surface area is 400 Å². The molecule has 0 radical (unpaired) electrons. The van der Waals surface area contributed by atoms with Gasteiger partial charge in [-0.1, -0.05) is 288 Å². The number of allylic oxidation sites excluding steroid dienone is 5. The van der Waals surface area contributed by atoms with Crippen LogP contribution in [0, 0.1) is 0 Å². The van der Waals surface area contributed by atoms with Gasteiger partial charge in [-0.3, -0.25) is 4.79 Å². The summed E-state index contributed by atoms with van der Waals surface area (Å²) in [5, 5.41) is 33.2. The Morgan fingerprint density at radius 3 is 0.953 bits per heavy atom. The van der Waals surface area contributed by atoms with E-state index in [-0.39, 0.29) is 6.61 Å². The molecule has 0 spiro atoms. The normalized spacial score (nSPS) is 13.5. The van der Waals surface area contributed by atoms with E-state index in [0.717, 1.165) is 38.5 Å². The number of rotatable bonds is 53. The van der Waals surface area contributed by atoms with Crippen molar-refractivity contribution >= 4 is 5.91 Å². The predicted octanol–water partition coefficient (Wildman–Crippen LogP) is 17.8. The van der Waals surface area contributed by atoms with Crippen LogP contribution in [0.15, 0.2) is 36.5 Å². The van der Waals surface area contributed by atoms with Crippen LogP contribution in [-0.4, -0.2) is 46.1 Å². The van der Waals surface area contributed by atoms with Crippen molar-refractivity contribution in [1.82, 2.24) is 5.32 Å². The van der Waals surface area contributed by atoms with E-state index < -0.39 is 24.2 Å². The lowest BCUT2D eigenvalue weighted by Gasteiger charge is -2.21. The van der Waals surface area contributed by atoms with Gasteiger partial charge < -0.3 is 20.6 Å². The summed E-state index contributed by atoms with van der Waals surface area (Å²) in [6.07, 6.45) is 71.2. The third-order valence-electron chi connectivity index (χ3n) is 13.5. The summed E-state index contributed by atoms with van der Waals surface area (Å²) in [6, 6.07) is -0.813. The van der Waals surface area contributed by atoms with Crippen molar-refractivity contribution in [2.45, 2.75) is 327 Å². The summed E-state index contributed by atoms with van der Waals surface area (Å²) in [4.78, 5) is 12.5. The molecule has 0 aliphatic heterocycles. The van der Waals surface area contributed by atoms with E-state index in [0.29, 0.717) is 6.42 Å². The highest BCUT2D eigenvalue weighted by molar-refractivity contribution is 5.80. The molecule has 0 aliphatic carbocycles. The SMILES string of the molecule is CCCCCCCC/C=C/CC/C=C/C(O)C(CO)NC(=O)C(O)CCCCCCCCCCCCCCCCCC/C=C\CCCCCCCCCCCCCCCCCCCC. The summed E-state index contributed by atoms with van der Waals surface area (Å²) in [5.74, 6) is -0.511. The molecule has 3 atom stereocenters. The molecular weight excluding hydrogens is 787 g/mol. The van der Waals surface area contributed by atoms with Crippen LogP contribution in [0.3, 0.4) is 0 Å². The second kappa shape index (κ2) is 54.2. The Morgan fingerprint density at radius 2 is 0.641 bits per heavy atom. The number of nitrogens with one attached hydrogen (secondary N) is 1. The van der Waals surface area contributed by atoms with Crippen LogP contribution in [0.1, 0.15) is 309 Å². The number of aliphatic hydroxyl groups excluding tert-OH is 3. The predicted molar refractivity (Wildman–Crippen MR) is 282 cm³/mol. The van der Waals surface area contributed by atoms with Crippen LogP contribution in [0.2, 0.25) is 0 Å². The van der Waals surface area contributed by atoms with Gasteiger partial charge in [-0.25, -0.2) is 0 Å². The van der Waals surface area contributed by atoms with Gasteiger partial charge in [0.15, 0.2) is 0 Å². The minimum Gasteiger partial charge on any atom is -0.394 e. The fourth-order valence-electron chi connectivity index (χ4n) is 8.96. The summed E-state index contributed by atoms with van der Waals surface area (Å²) < 4.78 is 0. The molecule has 0 aromatic carbocycles. The monoisotopic (exact) mass is 900 g/mol. The van der Waals surface area contributed by atoms with Gasteiger partial charge in [0.1, 0.15) is 6.10 Å². The van der Waals surface area contributed by atoms with Crippen molar-refractivity contribution in [3.8, 4) is 0 Å². The van der Waals surface area contributed by atoms with Gasteiger partial charge in [-0.2, -0.15) is 0 Å². The van der Waals surface area contributed by atoms with Gasteiger partial charge >= 0.3 is 0 Å². The number of carbonyl (C=O) groups is 1. The molecule has 64 heavy (non-hydrogen) atoms. The number of aliphatic hydroxyl groups is 3. The maximum absolute atomic E-state index is 12.5. The second-order valence-corrected chi connectivity index (χ2v) is 19.8. The number of unbranched alkanes of at least 4 members (excludes halogenated alkanes) is 41. The average molecular weight is 901 g/mol. The highest BCUT2D eigenvalue weighted by Gasteiger charge is 2.22. The van der Waals surface area contributed by atoms with Crippen molar-refractivity contribution in [3.05, 3.63) is 36.5 Å². The molecule has 1 amide bonds. The Kier molecular flexibility index (Phi) is 53.0. The second-order valence-electron chi connectivity index (χ2n) is 19.8. The highest BCUT2D eigenvalue weighted by Crippen LogP contribution is 2.17. The summed E-state index contributed by atoms with van der Waals surface area (Å²) in [5.41, 5.74) is 0. The lowest BCUT2D eigenvalue weighted by Crippen LogP contribution is -2.48. The van der Waals surface area contributed by atoms with E-state index in [1.54, 1.807) is 6.08 Å². The van der Waals surface area contributed by atoms with Gasteiger partial charge in [0.25, 0.3) is 0 Å². The molecule has 5 heteroatoms. The van der Waals surface area contributed by atoms with Crippen LogP contribution in [-0.2, 0) is 4.79 Å². The molecule has 0 aromatic rings. The topological polar surface area (TPSA) is 89.8 Å². The van der Waals surface area contributed by atoms with Gasteiger partial charge in [-0.05, 0) is 57.8 Å². The lowest BCUT2D eigenvalue weighted by molar-refractivity contribution is -0.131. The Bertz CT molecular complexity index is 993. The minimum absolute atomic E-state index is 0.375. The van der Waals surface area contributed by atoms with Crippen molar-refractivity contribution in [3.63, 3.8) is 0 Å². The average Bonchev–Trinajstić information content (AvgIpc) is 3.30. The maximum Gasteiger partial charge on any atom is 0.249 e. The largest absolute Gasteiger partial charge is 0.394 e. The molecule has 0 aliphatic rings. The Hall–Kier alpha value is -1.43. The van der Waals surface area contributed by atoms with Gasteiger partial charge in [0.05, 0.1) is 18.8 Å². The number of carbonyl (C=O) groups excluding carboxylic acids is 1. The fraction of sp³-hybridized carbons (Fsp3) is 0.881. The van der Waals surface area contributed by atoms with Crippen molar-refractivity contribution in [1.29, 1.82) is 0 Å². The van der Waals surface area contributed by atoms with E-state index in [1.165, 1.54) is 250 Å². The number of hydrogen-bond donors (Lipinski definition) is 4. The third kappa shape index (κ3) is 48.5. The maximum atomic E-state index is 12.5. The molecule has 0 saturated carbocycles. The molecule has 5 nitrogen and oxygen atoms in total. The number of amides is 1. The number of hydrogen-bond acceptors (Lipinski definition) is 4. The summed E-state index contributed by atoms with van der Waals surface area (Å²) >= 11 is 0. The molecule has 0 rings (SSSR count). The quantitative estimate of drug-likeness (QED) is 0.0362. The zero-order valence-corrected chi connectivity index (χ0v) is 43.2.